The van der Waals surface area contributed by atoms with E-state index in [1.54, 1.807) is 31.2 Å². The van der Waals surface area contributed by atoms with Crippen LogP contribution in [0.3, 0.4) is 0 Å². The fraction of sp³-hybridized carbons (Fsp3) is 0.267. The summed E-state index contributed by atoms with van der Waals surface area (Å²) in [6.07, 6.45) is 1.29. The number of rotatable bonds is 4. The van der Waals surface area contributed by atoms with Crippen molar-refractivity contribution in [2.45, 2.75) is 13.0 Å². The Labute approximate surface area is 137 Å². The number of aromatic nitrogens is 2. The molecule has 2 heterocycles. The average molecular weight is 336 g/mol. The van der Waals surface area contributed by atoms with Gasteiger partial charge in [0.25, 0.3) is 5.91 Å². The Bertz CT molecular complexity index is 727. The van der Waals surface area contributed by atoms with E-state index < -0.39 is 11.9 Å². The van der Waals surface area contributed by atoms with Crippen molar-refractivity contribution in [1.29, 1.82) is 0 Å². The summed E-state index contributed by atoms with van der Waals surface area (Å²) in [6.45, 7) is 2.42. The van der Waals surface area contributed by atoms with Crippen molar-refractivity contribution in [3.05, 3.63) is 58.6 Å². The van der Waals surface area contributed by atoms with Crippen LogP contribution in [0.25, 0.3) is 0 Å². The highest BCUT2D eigenvalue weighted by Crippen LogP contribution is 2.22. The van der Waals surface area contributed by atoms with E-state index in [0.29, 0.717) is 30.0 Å². The van der Waals surface area contributed by atoms with Crippen LogP contribution in [0.2, 0.25) is 5.02 Å². The molecule has 1 amide bonds. The van der Waals surface area contributed by atoms with Crippen molar-refractivity contribution >= 4 is 17.5 Å². The van der Waals surface area contributed by atoms with Crippen molar-refractivity contribution in [2.75, 3.05) is 13.2 Å². The summed E-state index contributed by atoms with van der Waals surface area (Å²) >= 11 is 5.91. The normalized spacial score (nSPS) is 15.1. The minimum atomic E-state index is -0.594. The van der Waals surface area contributed by atoms with Crippen LogP contribution in [0.15, 0.2) is 40.8 Å². The zero-order valence-electron chi connectivity index (χ0n) is 12.3. The van der Waals surface area contributed by atoms with E-state index in [4.69, 9.17) is 25.6 Å². The number of hydrogen-bond donors (Lipinski definition) is 1. The zero-order valence-corrected chi connectivity index (χ0v) is 13.0. The number of nitrogens with zero attached hydrogens (tertiary/aromatic N) is 2. The van der Waals surface area contributed by atoms with Gasteiger partial charge in [0.15, 0.2) is 5.82 Å². The lowest BCUT2D eigenvalue weighted by atomic mass is 10.1. The second kappa shape index (κ2) is 6.70. The molecule has 1 aromatic heterocycles. The quantitative estimate of drug-likeness (QED) is 0.921. The third kappa shape index (κ3) is 3.62. The van der Waals surface area contributed by atoms with Crippen LogP contribution in [0.1, 0.15) is 23.3 Å². The molecule has 1 atom stereocenters. The molecule has 1 unspecified atom stereocenters. The molecule has 0 bridgehead atoms. The molecule has 8 heteroatoms. The first kappa shape index (κ1) is 15.4. The molecule has 120 valence electrons. The molecule has 0 spiro atoms. The van der Waals surface area contributed by atoms with E-state index in [2.05, 4.69) is 15.5 Å². The Balaban J connectivity index is 1.87. The average Bonchev–Trinajstić information content (AvgIpc) is 3.00. The summed E-state index contributed by atoms with van der Waals surface area (Å²) in [5.74, 6) is 0.433. The number of benzene rings is 1. The first-order valence-electron chi connectivity index (χ1n) is 6.94. The van der Waals surface area contributed by atoms with Crippen molar-refractivity contribution in [1.82, 2.24) is 15.5 Å². The third-order valence-electron chi connectivity index (χ3n) is 3.15. The van der Waals surface area contributed by atoms with Crippen LogP contribution in [0.4, 0.5) is 0 Å². The summed E-state index contributed by atoms with van der Waals surface area (Å²) in [4.78, 5) is 16.5. The van der Waals surface area contributed by atoms with Crippen molar-refractivity contribution < 1.29 is 18.8 Å². The van der Waals surface area contributed by atoms with E-state index in [9.17, 15) is 4.79 Å². The predicted octanol–water partition coefficient (Wildman–Crippen LogP) is 2.13. The topological polar surface area (TPSA) is 86.5 Å². The highest BCUT2D eigenvalue weighted by atomic mass is 35.5. The van der Waals surface area contributed by atoms with Gasteiger partial charge in [0, 0.05) is 11.9 Å². The van der Waals surface area contributed by atoms with Gasteiger partial charge in [0.1, 0.15) is 25.5 Å². The molecule has 7 nitrogen and oxygen atoms in total. The fourth-order valence-electron chi connectivity index (χ4n) is 2.07. The molecule has 1 aliphatic rings. The SMILES string of the molecule is Cc1nc(C(NC(=O)C2=COCCO2)c2ccc(Cl)cc2)no1. The lowest BCUT2D eigenvalue weighted by molar-refractivity contribution is -0.122. The van der Waals surface area contributed by atoms with Crippen molar-refractivity contribution in [3.63, 3.8) is 0 Å². The molecular weight excluding hydrogens is 322 g/mol. The molecule has 0 radical (unpaired) electrons. The Morgan fingerprint density at radius 3 is 2.70 bits per heavy atom. The standard InChI is InChI=1S/C15H14ClN3O4/c1-9-17-14(19-23-9)13(10-2-4-11(16)5-3-10)18-15(20)12-8-21-6-7-22-12/h2-5,8,13H,6-7H2,1H3,(H,18,20). The molecule has 0 saturated heterocycles. The van der Waals surface area contributed by atoms with E-state index in [0.717, 1.165) is 5.56 Å². The minimum Gasteiger partial charge on any atom is -0.494 e. The molecule has 3 rings (SSSR count). The summed E-state index contributed by atoms with van der Waals surface area (Å²) < 4.78 is 15.4. The number of nitrogens with one attached hydrogen (secondary N) is 1. The predicted molar refractivity (Wildman–Crippen MR) is 80.5 cm³/mol. The Kier molecular flexibility index (Phi) is 4.47. The van der Waals surface area contributed by atoms with Crippen LogP contribution in [0.5, 0.6) is 0 Å². The maximum absolute atomic E-state index is 12.3. The highest BCUT2D eigenvalue weighted by Gasteiger charge is 2.25. The van der Waals surface area contributed by atoms with Gasteiger partial charge in [-0.2, -0.15) is 4.98 Å². The van der Waals surface area contributed by atoms with Crippen LogP contribution in [-0.4, -0.2) is 29.3 Å². The molecule has 0 fully saturated rings. The van der Waals surface area contributed by atoms with E-state index in [1.807, 2.05) is 0 Å². The first-order valence-corrected chi connectivity index (χ1v) is 7.32. The molecular formula is C15H14ClN3O4. The zero-order chi connectivity index (χ0) is 16.2. The van der Waals surface area contributed by atoms with Crippen LogP contribution in [-0.2, 0) is 14.3 Å². The van der Waals surface area contributed by atoms with Gasteiger partial charge in [-0.05, 0) is 17.7 Å². The first-order chi connectivity index (χ1) is 11.1. The number of halogens is 1. The second-order valence-corrected chi connectivity index (χ2v) is 5.27. The second-order valence-electron chi connectivity index (χ2n) is 4.83. The number of hydrogen-bond acceptors (Lipinski definition) is 6. The number of carbonyl (C=O) groups is 1. The Morgan fingerprint density at radius 2 is 2.09 bits per heavy atom. The largest absolute Gasteiger partial charge is 0.494 e. The molecule has 1 N–H and O–H groups in total. The number of carbonyl (C=O) groups excluding carboxylic acids is 1. The number of ether oxygens (including phenoxy) is 2. The van der Waals surface area contributed by atoms with E-state index in [1.165, 1.54) is 6.26 Å². The van der Waals surface area contributed by atoms with Gasteiger partial charge < -0.3 is 19.3 Å². The Morgan fingerprint density at radius 1 is 1.30 bits per heavy atom. The van der Waals surface area contributed by atoms with Gasteiger partial charge in [-0.15, -0.1) is 0 Å². The lowest BCUT2D eigenvalue weighted by Crippen LogP contribution is -2.33. The van der Waals surface area contributed by atoms with Crippen LogP contribution >= 0.6 is 11.6 Å². The van der Waals surface area contributed by atoms with Crippen LogP contribution in [0, 0.1) is 6.92 Å². The molecule has 23 heavy (non-hydrogen) atoms. The Hall–Kier alpha value is -2.54. The lowest BCUT2D eigenvalue weighted by Gasteiger charge is -2.19. The van der Waals surface area contributed by atoms with Gasteiger partial charge in [-0.3, -0.25) is 4.79 Å². The number of aryl methyl sites for hydroxylation is 1. The maximum atomic E-state index is 12.3. The summed E-state index contributed by atoms with van der Waals surface area (Å²) in [5, 5.41) is 7.29. The molecule has 1 aliphatic heterocycles. The summed E-state index contributed by atoms with van der Waals surface area (Å²) in [5.41, 5.74) is 0.765. The van der Waals surface area contributed by atoms with Gasteiger partial charge in [-0.1, -0.05) is 28.9 Å². The summed E-state index contributed by atoms with van der Waals surface area (Å²) in [7, 11) is 0. The van der Waals surface area contributed by atoms with Gasteiger partial charge in [0.2, 0.25) is 11.6 Å². The maximum Gasteiger partial charge on any atom is 0.290 e. The molecule has 1 aromatic carbocycles. The molecule has 0 aliphatic carbocycles. The number of amides is 1. The van der Waals surface area contributed by atoms with Gasteiger partial charge >= 0.3 is 0 Å². The summed E-state index contributed by atoms with van der Waals surface area (Å²) in [6, 6.07) is 6.42. The monoisotopic (exact) mass is 335 g/mol. The fourth-order valence-corrected chi connectivity index (χ4v) is 2.20. The van der Waals surface area contributed by atoms with E-state index >= 15 is 0 Å². The van der Waals surface area contributed by atoms with Gasteiger partial charge in [-0.25, -0.2) is 0 Å². The van der Waals surface area contributed by atoms with Gasteiger partial charge in [0.05, 0.1) is 0 Å². The highest BCUT2D eigenvalue weighted by molar-refractivity contribution is 6.30. The van der Waals surface area contributed by atoms with E-state index in [-0.39, 0.29) is 5.76 Å². The minimum absolute atomic E-state index is 0.107. The van der Waals surface area contributed by atoms with Crippen molar-refractivity contribution in [2.24, 2.45) is 0 Å². The molecule has 0 saturated carbocycles. The van der Waals surface area contributed by atoms with Crippen molar-refractivity contribution in [3.8, 4) is 0 Å². The molecule has 2 aromatic rings. The van der Waals surface area contributed by atoms with Crippen LogP contribution < -0.4 is 5.32 Å². The third-order valence-corrected chi connectivity index (χ3v) is 3.41. The smallest absolute Gasteiger partial charge is 0.290 e.